The van der Waals surface area contributed by atoms with E-state index in [9.17, 15) is 22.2 Å². The van der Waals surface area contributed by atoms with Crippen molar-refractivity contribution < 1.29 is 22.2 Å². The van der Waals surface area contributed by atoms with E-state index in [1.165, 1.54) is 18.2 Å². The van der Waals surface area contributed by atoms with Crippen LogP contribution in [0.25, 0.3) is 0 Å². The maximum absolute atomic E-state index is 12.3. The number of para-hydroxylation sites is 1. The second-order valence-corrected chi connectivity index (χ2v) is 4.34. The van der Waals surface area contributed by atoms with E-state index in [0.29, 0.717) is 0 Å². The lowest BCUT2D eigenvalue weighted by molar-refractivity contribution is -0.111. The largest absolute Gasteiger partial charge is 0.475 e. The standard InChI is InChI=1S/C10H8F3NO2S/c1-2-9(15)14-7-5-3-4-6-8(7)17(16)10(11,12)13/h2-6H,1H2,(H,14,15). The number of carbonyl (C=O) groups excluding carboxylic acids is 1. The number of hydrogen-bond donors (Lipinski definition) is 1. The third kappa shape index (κ3) is 3.42. The summed E-state index contributed by atoms with van der Waals surface area (Å²) in [6.07, 6.45) is 0.910. The Morgan fingerprint density at radius 1 is 1.35 bits per heavy atom. The zero-order valence-electron chi connectivity index (χ0n) is 8.45. The maximum atomic E-state index is 12.3. The van der Waals surface area contributed by atoms with Gasteiger partial charge < -0.3 is 5.32 Å². The molecule has 7 heteroatoms. The Labute approximate surface area is 97.8 Å². The van der Waals surface area contributed by atoms with Gasteiger partial charge in [0.2, 0.25) is 5.91 Å². The normalized spacial score (nSPS) is 12.9. The molecule has 92 valence electrons. The van der Waals surface area contributed by atoms with Gasteiger partial charge in [-0.25, -0.2) is 4.21 Å². The molecule has 0 fully saturated rings. The quantitative estimate of drug-likeness (QED) is 0.851. The van der Waals surface area contributed by atoms with Crippen molar-refractivity contribution in [3.63, 3.8) is 0 Å². The monoisotopic (exact) mass is 263 g/mol. The minimum Gasteiger partial charge on any atom is -0.321 e. The summed E-state index contributed by atoms with van der Waals surface area (Å²) in [6, 6.07) is 5.01. The first-order chi connectivity index (χ1) is 7.86. The van der Waals surface area contributed by atoms with Gasteiger partial charge in [-0.3, -0.25) is 4.79 Å². The molecule has 0 saturated carbocycles. The molecule has 1 amide bonds. The van der Waals surface area contributed by atoms with Crippen LogP contribution < -0.4 is 5.32 Å². The molecular weight excluding hydrogens is 255 g/mol. The van der Waals surface area contributed by atoms with Crippen LogP contribution in [0.5, 0.6) is 0 Å². The summed E-state index contributed by atoms with van der Waals surface area (Å²) >= 11 is 0. The Hall–Kier alpha value is -1.63. The highest BCUT2D eigenvalue weighted by atomic mass is 32.2. The molecule has 0 aliphatic heterocycles. The van der Waals surface area contributed by atoms with Gasteiger partial charge in [-0.15, -0.1) is 0 Å². The van der Waals surface area contributed by atoms with E-state index in [1.54, 1.807) is 0 Å². The minimum absolute atomic E-state index is 0.145. The Morgan fingerprint density at radius 3 is 2.47 bits per heavy atom. The molecule has 0 aliphatic carbocycles. The topological polar surface area (TPSA) is 46.2 Å². The molecule has 1 unspecified atom stereocenters. The summed E-state index contributed by atoms with van der Waals surface area (Å²) in [5.74, 6) is -0.670. The van der Waals surface area contributed by atoms with Gasteiger partial charge in [-0.2, -0.15) is 13.2 Å². The molecule has 0 bridgehead atoms. The molecule has 0 spiro atoms. The van der Waals surface area contributed by atoms with Crippen LogP contribution in [0.2, 0.25) is 0 Å². The van der Waals surface area contributed by atoms with E-state index in [1.807, 2.05) is 0 Å². The van der Waals surface area contributed by atoms with Crippen LogP contribution in [0, 0.1) is 0 Å². The van der Waals surface area contributed by atoms with Crippen LogP contribution in [-0.2, 0) is 15.6 Å². The van der Waals surface area contributed by atoms with Crippen LogP contribution in [0.1, 0.15) is 0 Å². The zero-order chi connectivity index (χ0) is 13.1. The van der Waals surface area contributed by atoms with E-state index in [-0.39, 0.29) is 5.69 Å². The van der Waals surface area contributed by atoms with Crippen molar-refractivity contribution in [2.45, 2.75) is 10.4 Å². The van der Waals surface area contributed by atoms with Gasteiger partial charge in [0.05, 0.1) is 10.6 Å². The Bertz CT molecular complexity index is 471. The van der Waals surface area contributed by atoms with Crippen LogP contribution in [0.4, 0.5) is 18.9 Å². The van der Waals surface area contributed by atoms with Crippen LogP contribution in [0.3, 0.4) is 0 Å². The summed E-state index contributed by atoms with van der Waals surface area (Å²) in [5.41, 5.74) is -5.01. The zero-order valence-corrected chi connectivity index (χ0v) is 9.27. The molecule has 1 rings (SSSR count). The number of rotatable bonds is 3. The number of alkyl halides is 3. The van der Waals surface area contributed by atoms with E-state index >= 15 is 0 Å². The first-order valence-corrected chi connectivity index (χ1v) is 5.52. The third-order valence-electron chi connectivity index (χ3n) is 1.74. The van der Waals surface area contributed by atoms with Crippen LogP contribution >= 0.6 is 0 Å². The third-order valence-corrected chi connectivity index (χ3v) is 2.92. The molecule has 0 radical (unpaired) electrons. The SMILES string of the molecule is C=CC(=O)Nc1ccccc1S(=O)C(F)(F)F. The van der Waals surface area contributed by atoms with Crippen molar-refractivity contribution in [3.8, 4) is 0 Å². The summed E-state index contributed by atoms with van der Waals surface area (Å²) < 4.78 is 48.1. The van der Waals surface area contributed by atoms with E-state index in [2.05, 4.69) is 11.9 Å². The molecule has 0 heterocycles. The highest BCUT2D eigenvalue weighted by Crippen LogP contribution is 2.30. The lowest BCUT2D eigenvalue weighted by Crippen LogP contribution is -2.18. The van der Waals surface area contributed by atoms with Crippen LogP contribution in [0.15, 0.2) is 41.8 Å². The van der Waals surface area contributed by atoms with Gasteiger partial charge in [0, 0.05) is 0 Å². The number of amides is 1. The fourth-order valence-electron chi connectivity index (χ4n) is 1.04. The van der Waals surface area contributed by atoms with Crippen molar-refractivity contribution in [2.75, 3.05) is 5.32 Å². The Morgan fingerprint density at radius 2 is 1.94 bits per heavy atom. The summed E-state index contributed by atoms with van der Waals surface area (Å²) in [7, 11) is -3.18. The van der Waals surface area contributed by atoms with E-state index < -0.39 is 27.1 Å². The molecular formula is C10H8F3NO2S. The van der Waals surface area contributed by atoms with Crippen molar-refractivity contribution >= 4 is 22.4 Å². The molecule has 17 heavy (non-hydrogen) atoms. The number of anilines is 1. The number of hydrogen-bond acceptors (Lipinski definition) is 2. The predicted molar refractivity (Wildman–Crippen MR) is 57.7 cm³/mol. The molecule has 1 N–H and O–H groups in total. The van der Waals surface area contributed by atoms with Gasteiger partial charge in [0.25, 0.3) is 0 Å². The number of carbonyl (C=O) groups is 1. The average molecular weight is 263 g/mol. The maximum Gasteiger partial charge on any atom is 0.475 e. The summed E-state index contributed by atoms with van der Waals surface area (Å²) in [5, 5.41) is 2.16. The van der Waals surface area contributed by atoms with Gasteiger partial charge in [0.15, 0.2) is 10.8 Å². The van der Waals surface area contributed by atoms with Crippen LogP contribution in [-0.4, -0.2) is 15.6 Å². The highest BCUT2D eigenvalue weighted by molar-refractivity contribution is 7.86. The fraction of sp³-hybridized carbons (Fsp3) is 0.100. The van der Waals surface area contributed by atoms with E-state index in [0.717, 1.165) is 12.1 Å². The number of halogens is 3. The van der Waals surface area contributed by atoms with E-state index in [4.69, 9.17) is 0 Å². The molecule has 3 nitrogen and oxygen atoms in total. The molecule has 1 atom stereocenters. The second kappa shape index (κ2) is 5.13. The average Bonchev–Trinajstić information content (AvgIpc) is 2.27. The Balaban J connectivity index is 3.12. The fourth-order valence-corrected chi connectivity index (χ4v) is 1.81. The van der Waals surface area contributed by atoms with Gasteiger partial charge in [0.1, 0.15) is 0 Å². The van der Waals surface area contributed by atoms with Gasteiger partial charge >= 0.3 is 5.51 Å². The number of nitrogens with one attached hydrogen (secondary N) is 1. The van der Waals surface area contributed by atoms with Crippen molar-refractivity contribution in [3.05, 3.63) is 36.9 Å². The summed E-state index contributed by atoms with van der Waals surface area (Å²) in [6.45, 7) is 3.17. The van der Waals surface area contributed by atoms with Crippen molar-refractivity contribution in [2.24, 2.45) is 0 Å². The first kappa shape index (κ1) is 13.4. The van der Waals surface area contributed by atoms with Gasteiger partial charge in [-0.05, 0) is 18.2 Å². The number of benzene rings is 1. The molecule has 1 aromatic carbocycles. The second-order valence-electron chi connectivity index (χ2n) is 2.90. The smallest absolute Gasteiger partial charge is 0.321 e. The lowest BCUT2D eigenvalue weighted by Gasteiger charge is -2.11. The van der Waals surface area contributed by atoms with Crippen molar-refractivity contribution in [1.29, 1.82) is 0 Å². The minimum atomic E-state index is -4.87. The van der Waals surface area contributed by atoms with Gasteiger partial charge in [-0.1, -0.05) is 18.7 Å². The molecule has 1 aromatic rings. The lowest BCUT2D eigenvalue weighted by atomic mass is 10.3. The molecule has 0 aromatic heterocycles. The molecule has 0 aliphatic rings. The molecule has 0 saturated heterocycles. The van der Waals surface area contributed by atoms with Crippen molar-refractivity contribution in [1.82, 2.24) is 0 Å². The summed E-state index contributed by atoms with van der Waals surface area (Å²) in [4.78, 5) is 10.5. The Kier molecular flexibility index (Phi) is 4.06. The highest BCUT2D eigenvalue weighted by Gasteiger charge is 2.39. The predicted octanol–water partition coefficient (Wildman–Crippen LogP) is 2.44. The first-order valence-electron chi connectivity index (χ1n) is 4.37.